The Balaban J connectivity index is 1.67. The molecule has 1 atom stereocenters. The smallest absolute Gasteiger partial charge is 0.271 e. The molecule has 0 saturated heterocycles. The van der Waals surface area contributed by atoms with E-state index in [1.54, 1.807) is 19.4 Å². The Bertz CT molecular complexity index is 1540. The molecular formula is C26H20N2O3S. The first-order valence-corrected chi connectivity index (χ1v) is 11.4. The highest BCUT2D eigenvalue weighted by atomic mass is 32.1. The number of benzene rings is 2. The Morgan fingerprint density at radius 2 is 1.94 bits per heavy atom. The predicted octanol–water partition coefficient (Wildman–Crippen LogP) is 3.92. The zero-order valence-electron chi connectivity index (χ0n) is 17.4. The summed E-state index contributed by atoms with van der Waals surface area (Å²) in [5.41, 5.74) is 5.49. The second-order valence-electron chi connectivity index (χ2n) is 7.87. The maximum atomic E-state index is 13.6. The first-order valence-electron chi connectivity index (χ1n) is 10.5. The SMILES string of the molecule is COc1ccccc1[C@H]1C2=C(N=c3s/c(=C\c4ccco4)c(=O)n31)c1ccccc1CC2. The molecule has 2 aromatic heterocycles. The molecule has 0 bridgehead atoms. The average Bonchev–Trinajstić information content (AvgIpc) is 3.46. The van der Waals surface area contributed by atoms with E-state index < -0.39 is 0 Å². The van der Waals surface area contributed by atoms with Crippen molar-refractivity contribution in [3.05, 3.63) is 115 Å². The van der Waals surface area contributed by atoms with Crippen LogP contribution in [0.25, 0.3) is 11.8 Å². The summed E-state index contributed by atoms with van der Waals surface area (Å²) in [6, 6.07) is 19.8. The number of aromatic nitrogens is 1. The molecule has 32 heavy (non-hydrogen) atoms. The van der Waals surface area contributed by atoms with Crippen molar-refractivity contribution in [2.75, 3.05) is 7.11 Å². The summed E-state index contributed by atoms with van der Waals surface area (Å²) < 4.78 is 13.6. The van der Waals surface area contributed by atoms with Gasteiger partial charge in [-0.25, -0.2) is 4.99 Å². The monoisotopic (exact) mass is 440 g/mol. The molecule has 4 aromatic rings. The van der Waals surface area contributed by atoms with Crippen LogP contribution < -0.4 is 19.6 Å². The van der Waals surface area contributed by atoms with Gasteiger partial charge in [0, 0.05) is 17.2 Å². The maximum Gasteiger partial charge on any atom is 0.271 e. The fraction of sp³-hybridized carbons (Fsp3) is 0.154. The van der Waals surface area contributed by atoms with Gasteiger partial charge in [0.05, 0.1) is 29.6 Å². The van der Waals surface area contributed by atoms with Crippen LogP contribution in [-0.2, 0) is 6.42 Å². The van der Waals surface area contributed by atoms with Crippen molar-refractivity contribution in [3.8, 4) is 5.75 Å². The molecule has 5 nitrogen and oxygen atoms in total. The van der Waals surface area contributed by atoms with E-state index in [9.17, 15) is 4.79 Å². The van der Waals surface area contributed by atoms with Crippen molar-refractivity contribution >= 4 is 23.1 Å². The van der Waals surface area contributed by atoms with E-state index in [1.165, 1.54) is 16.9 Å². The quantitative estimate of drug-likeness (QED) is 0.485. The summed E-state index contributed by atoms with van der Waals surface area (Å²) in [7, 11) is 1.67. The Hall–Kier alpha value is -3.64. The predicted molar refractivity (Wildman–Crippen MR) is 124 cm³/mol. The van der Waals surface area contributed by atoms with Gasteiger partial charge < -0.3 is 9.15 Å². The molecule has 6 rings (SSSR count). The molecule has 6 heteroatoms. The molecule has 0 N–H and O–H groups in total. The molecule has 2 aliphatic rings. The van der Waals surface area contributed by atoms with Gasteiger partial charge in [0.1, 0.15) is 11.5 Å². The van der Waals surface area contributed by atoms with Crippen LogP contribution in [0.1, 0.15) is 34.9 Å². The van der Waals surface area contributed by atoms with Crippen LogP contribution in [0, 0.1) is 0 Å². The van der Waals surface area contributed by atoms with Crippen LogP contribution in [-0.4, -0.2) is 11.7 Å². The van der Waals surface area contributed by atoms with Crippen LogP contribution in [0.4, 0.5) is 0 Å². The Kier molecular flexibility index (Phi) is 4.47. The van der Waals surface area contributed by atoms with E-state index in [-0.39, 0.29) is 11.6 Å². The van der Waals surface area contributed by atoms with Crippen LogP contribution in [0.3, 0.4) is 0 Å². The van der Waals surface area contributed by atoms with E-state index in [0.717, 1.165) is 41.0 Å². The standard InChI is InChI=1S/C26H20N2O3S/c1-30-21-11-5-4-10-19(21)24-20-13-12-16-7-2-3-9-18(16)23(20)27-26-28(24)25(29)22(32-26)15-17-8-6-14-31-17/h2-11,14-15,24H,12-13H2,1H3/b22-15-/t24-/m0/s1. The number of hydrogen-bond acceptors (Lipinski definition) is 5. The van der Waals surface area contributed by atoms with Crippen molar-refractivity contribution in [2.45, 2.75) is 18.9 Å². The fourth-order valence-electron chi connectivity index (χ4n) is 4.69. The molecule has 158 valence electrons. The van der Waals surface area contributed by atoms with Gasteiger partial charge in [-0.05, 0) is 42.2 Å². The van der Waals surface area contributed by atoms with Crippen LogP contribution in [0.15, 0.2) is 86.7 Å². The Morgan fingerprint density at radius 1 is 1.09 bits per heavy atom. The number of hydrogen-bond donors (Lipinski definition) is 0. The zero-order chi connectivity index (χ0) is 21.7. The van der Waals surface area contributed by atoms with Crippen LogP contribution in [0.2, 0.25) is 0 Å². The maximum absolute atomic E-state index is 13.6. The van der Waals surface area contributed by atoms with Crippen molar-refractivity contribution in [1.29, 1.82) is 0 Å². The topological polar surface area (TPSA) is 56.7 Å². The second-order valence-corrected chi connectivity index (χ2v) is 8.88. The van der Waals surface area contributed by atoms with E-state index in [4.69, 9.17) is 14.1 Å². The largest absolute Gasteiger partial charge is 0.496 e. The fourth-order valence-corrected chi connectivity index (χ4v) is 5.67. The molecule has 0 radical (unpaired) electrons. The normalized spacial score (nSPS) is 17.4. The van der Waals surface area contributed by atoms with Gasteiger partial charge in [0.2, 0.25) is 0 Å². The van der Waals surface area contributed by atoms with Crippen molar-refractivity contribution in [1.82, 2.24) is 4.57 Å². The van der Waals surface area contributed by atoms with Crippen LogP contribution in [0.5, 0.6) is 5.75 Å². The molecule has 3 heterocycles. The lowest BCUT2D eigenvalue weighted by molar-refractivity contribution is 0.402. The summed E-state index contributed by atoms with van der Waals surface area (Å²) in [5, 5.41) is 0. The first-order chi connectivity index (χ1) is 15.7. The lowest BCUT2D eigenvalue weighted by Crippen LogP contribution is -2.38. The third-order valence-corrected chi connectivity index (χ3v) is 7.11. The first kappa shape index (κ1) is 19.1. The third-order valence-electron chi connectivity index (χ3n) is 6.12. The minimum atomic E-state index is -0.260. The van der Waals surface area contributed by atoms with E-state index in [2.05, 4.69) is 24.3 Å². The highest BCUT2D eigenvalue weighted by molar-refractivity contribution is 7.07. The van der Waals surface area contributed by atoms with Crippen molar-refractivity contribution in [3.63, 3.8) is 0 Å². The lowest BCUT2D eigenvalue weighted by atomic mass is 9.83. The lowest BCUT2D eigenvalue weighted by Gasteiger charge is -2.31. The molecule has 1 aliphatic heterocycles. The summed E-state index contributed by atoms with van der Waals surface area (Å²) in [6.45, 7) is 0. The number of nitrogens with zero attached hydrogens (tertiary/aromatic N) is 2. The van der Waals surface area contributed by atoms with Gasteiger partial charge in [-0.1, -0.05) is 53.8 Å². The summed E-state index contributed by atoms with van der Waals surface area (Å²) in [4.78, 5) is 19.3. The highest BCUT2D eigenvalue weighted by Gasteiger charge is 2.33. The number of ether oxygens (including phenoxy) is 1. The minimum Gasteiger partial charge on any atom is -0.496 e. The van der Waals surface area contributed by atoms with Gasteiger partial charge in [0.15, 0.2) is 4.80 Å². The van der Waals surface area contributed by atoms with E-state index in [1.807, 2.05) is 41.0 Å². The zero-order valence-corrected chi connectivity index (χ0v) is 18.3. The third kappa shape index (κ3) is 2.91. The average molecular weight is 441 g/mol. The summed E-state index contributed by atoms with van der Waals surface area (Å²) in [6.07, 6.45) is 5.17. The number of para-hydroxylation sites is 1. The number of rotatable bonds is 3. The molecule has 2 aromatic carbocycles. The molecule has 1 aliphatic carbocycles. The Morgan fingerprint density at radius 3 is 2.78 bits per heavy atom. The molecular weight excluding hydrogens is 420 g/mol. The Labute approximate surface area is 188 Å². The number of furan rings is 1. The summed E-state index contributed by atoms with van der Waals surface area (Å²) >= 11 is 1.40. The van der Waals surface area contributed by atoms with E-state index in [0.29, 0.717) is 15.1 Å². The van der Waals surface area contributed by atoms with Gasteiger partial charge in [-0.2, -0.15) is 0 Å². The number of thiazole rings is 1. The molecule has 0 spiro atoms. The molecule has 0 unspecified atom stereocenters. The number of methoxy groups -OCH3 is 1. The van der Waals surface area contributed by atoms with Gasteiger partial charge >= 0.3 is 0 Å². The minimum absolute atomic E-state index is 0.0635. The van der Waals surface area contributed by atoms with Gasteiger partial charge in [-0.15, -0.1) is 0 Å². The molecule has 0 fully saturated rings. The highest BCUT2D eigenvalue weighted by Crippen LogP contribution is 2.43. The number of allylic oxidation sites excluding steroid dienone is 1. The number of aryl methyl sites for hydroxylation is 1. The van der Waals surface area contributed by atoms with Crippen LogP contribution >= 0.6 is 11.3 Å². The summed E-state index contributed by atoms with van der Waals surface area (Å²) in [5.74, 6) is 1.42. The van der Waals surface area contributed by atoms with E-state index >= 15 is 0 Å². The van der Waals surface area contributed by atoms with Gasteiger partial charge in [-0.3, -0.25) is 9.36 Å². The molecule has 0 amide bonds. The molecule has 0 saturated carbocycles. The second kappa shape index (κ2) is 7.50. The van der Waals surface area contributed by atoms with Gasteiger partial charge in [0.25, 0.3) is 5.56 Å². The number of fused-ring (bicyclic) bond motifs is 3. The van der Waals surface area contributed by atoms with Crippen molar-refractivity contribution < 1.29 is 9.15 Å². The van der Waals surface area contributed by atoms with Crippen molar-refractivity contribution in [2.24, 2.45) is 4.99 Å².